The molecule has 1 unspecified atom stereocenters. The number of alkyl halides is 2. The summed E-state index contributed by atoms with van der Waals surface area (Å²) in [6.07, 6.45) is 3.75. The third-order valence-electron chi connectivity index (χ3n) is 6.30. The first kappa shape index (κ1) is 23.2. The summed E-state index contributed by atoms with van der Waals surface area (Å²) in [4.78, 5) is 24.1. The zero-order chi connectivity index (χ0) is 23.2. The summed E-state index contributed by atoms with van der Waals surface area (Å²) >= 11 is 0. The Morgan fingerprint density at radius 1 is 1.12 bits per heavy atom. The molecular formula is C24H30F2N4O3. The molecule has 2 aliphatic rings. The lowest BCUT2D eigenvalue weighted by Gasteiger charge is -2.39. The number of methoxy groups -OCH3 is 1. The van der Waals surface area contributed by atoms with Crippen molar-refractivity contribution >= 4 is 11.7 Å². The van der Waals surface area contributed by atoms with Gasteiger partial charge in [-0.15, -0.1) is 0 Å². The Kier molecular flexibility index (Phi) is 7.59. The Labute approximate surface area is 192 Å². The average Bonchev–Trinajstić information content (AvgIpc) is 2.84. The van der Waals surface area contributed by atoms with E-state index in [1.54, 1.807) is 11.0 Å². The molecule has 1 aromatic carbocycles. The number of anilines is 1. The van der Waals surface area contributed by atoms with E-state index in [-0.39, 0.29) is 23.0 Å². The zero-order valence-corrected chi connectivity index (χ0v) is 18.8. The topological polar surface area (TPSA) is 58.1 Å². The Bertz CT molecular complexity index is 923. The number of benzene rings is 1. The van der Waals surface area contributed by atoms with Gasteiger partial charge < -0.3 is 19.3 Å². The summed E-state index contributed by atoms with van der Waals surface area (Å²) in [5.74, 6) is 0.975. The predicted octanol–water partition coefficient (Wildman–Crippen LogP) is 3.37. The third kappa shape index (κ3) is 5.71. The van der Waals surface area contributed by atoms with Crippen molar-refractivity contribution in [1.29, 1.82) is 0 Å². The molecule has 2 aromatic rings. The van der Waals surface area contributed by atoms with Crippen molar-refractivity contribution in [1.82, 2.24) is 14.8 Å². The number of piperazine rings is 1. The number of para-hydroxylation sites is 1. The van der Waals surface area contributed by atoms with Gasteiger partial charge in [-0.2, -0.15) is 8.78 Å². The SMILES string of the molecule is COc1cccc(C(=O)N2CCCC(CN3CCN(c4ccccn4)CC3)C2)c1OC(F)F. The lowest BCUT2D eigenvalue weighted by molar-refractivity contribution is -0.0517. The van der Waals surface area contributed by atoms with Crippen LogP contribution in [-0.2, 0) is 0 Å². The molecule has 0 N–H and O–H groups in total. The number of carbonyl (C=O) groups excluding carboxylic acids is 1. The highest BCUT2D eigenvalue weighted by atomic mass is 19.3. The number of carbonyl (C=O) groups is 1. The molecule has 1 aromatic heterocycles. The van der Waals surface area contributed by atoms with Crippen LogP contribution in [-0.4, -0.2) is 80.2 Å². The second-order valence-electron chi connectivity index (χ2n) is 8.45. The van der Waals surface area contributed by atoms with Crippen LogP contribution in [0.1, 0.15) is 23.2 Å². The van der Waals surface area contributed by atoms with E-state index in [0.717, 1.165) is 51.4 Å². The highest BCUT2D eigenvalue weighted by Crippen LogP contribution is 2.34. The molecule has 1 atom stereocenters. The lowest BCUT2D eigenvalue weighted by Crippen LogP contribution is -2.50. The summed E-state index contributed by atoms with van der Waals surface area (Å²) in [6, 6.07) is 10.6. The highest BCUT2D eigenvalue weighted by Gasteiger charge is 2.30. The van der Waals surface area contributed by atoms with Gasteiger partial charge in [0.2, 0.25) is 0 Å². The number of pyridine rings is 1. The van der Waals surface area contributed by atoms with E-state index < -0.39 is 6.61 Å². The van der Waals surface area contributed by atoms with E-state index in [2.05, 4.69) is 19.5 Å². The smallest absolute Gasteiger partial charge is 0.387 e. The number of halogens is 2. The van der Waals surface area contributed by atoms with Gasteiger partial charge in [-0.25, -0.2) is 4.98 Å². The van der Waals surface area contributed by atoms with E-state index in [9.17, 15) is 13.6 Å². The molecule has 33 heavy (non-hydrogen) atoms. The van der Waals surface area contributed by atoms with Gasteiger partial charge in [0.05, 0.1) is 12.7 Å². The standard InChI is InChI=1S/C24H30F2N4O3/c1-32-20-8-4-7-19(22(20)33-24(25)26)23(31)30-11-5-6-18(17-30)16-28-12-14-29(15-13-28)21-9-2-3-10-27-21/h2-4,7-10,18,24H,5-6,11-17H2,1H3. The monoisotopic (exact) mass is 460 g/mol. The zero-order valence-electron chi connectivity index (χ0n) is 18.8. The van der Waals surface area contributed by atoms with Gasteiger partial charge in [0.25, 0.3) is 5.91 Å². The van der Waals surface area contributed by atoms with Crippen molar-refractivity contribution in [3.05, 3.63) is 48.2 Å². The predicted molar refractivity (Wildman–Crippen MR) is 121 cm³/mol. The van der Waals surface area contributed by atoms with Gasteiger partial charge >= 0.3 is 6.61 Å². The van der Waals surface area contributed by atoms with Crippen molar-refractivity contribution in [2.45, 2.75) is 19.5 Å². The maximum absolute atomic E-state index is 13.2. The van der Waals surface area contributed by atoms with E-state index >= 15 is 0 Å². The summed E-state index contributed by atoms with van der Waals surface area (Å²) in [7, 11) is 1.37. The van der Waals surface area contributed by atoms with Crippen LogP contribution in [0.5, 0.6) is 11.5 Å². The first-order valence-corrected chi connectivity index (χ1v) is 11.3. The molecule has 0 aliphatic carbocycles. The van der Waals surface area contributed by atoms with Gasteiger partial charge in [-0.05, 0) is 43.0 Å². The summed E-state index contributed by atoms with van der Waals surface area (Å²) in [5, 5.41) is 0. The second-order valence-corrected chi connectivity index (χ2v) is 8.45. The van der Waals surface area contributed by atoms with Crippen LogP contribution in [0.3, 0.4) is 0 Å². The summed E-state index contributed by atoms with van der Waals surface area (Å²) in [6.45, 7) is 2.82. The number of ether oxygens (including phenoxy) is 2. The fourth-order valence-electron chi connectivity index (χ4n) is 4.69. The molecule has 0 saturated carbocycles. The third-order valence-corrected chi connectivity index (χ3v) is 6.30. The molecule has 7 nitrogen and oxygen atoms in total. The molecule has 2 fully saturated rings. The number of piperidine rings is 1. The van der Waals surface area contributed by atoms with Gasteiger partial charge in [-0.1, -0.05) is 12.1 Å². The molecule has 9 heteroatoms. The van der Waals surface area contributed by atoms with Crippen molar-refractivity contribution in [2.24, 2.45) is 5.92 Å². The van der Waals surface area contributed by atoms with Crippen LogP contribution in [0.15, 0.2) is 42.6 Å². The lowest BCUT2D eigenvalue weighted by atomic mass is 9.96. The number of hydrogen-bond acceptors (Lipinski definition) is 6. The van der Waals surface area contributed by atoms with Crippen molar-refractivity contribution in [2.75, 3.05) is 57.8 Å². The van der Waals surface area contributed by atoms with Gasteiger partial charge in [0, 0.05) is 52.0 Å². The minimum Gasteiger partial charge on any atom is -0.493 e. The Morgan fingerprint density at radius 2 is 1.94 bits per heavy atom. The second kappa shape index (κ2) is 10.8. The van der Waals surface area contributed by atoms with Crippen LogP contribution in [0.4, 0.5) is 14.6 Å². The molecule has 0 radical (unpaired) electrons. The first-order valence-electron chi connectivity index (χ1n) is 11.3. The Morgan fingerprint density at radius 3 is 2.64 bits per heavy atom. The fourth-order valence-corrected chi connectivity index (χ4v) is 4.69. The van der Waals surface area contributed by atoms with E-state index in [0.29, 0.717) is 19.0 Å². The normalized spacial score (nSPS) is 19.6. The summed E-state index contributed by atoms with van der Waals surface area (Å²) < 4.78 is 35.7. The van der Waals surface area contributed by atoms with Crippen molar-refractivity contribution in [3.63, 3.8) is 0 Å². The number of likely N-dealkylation sites (tertiary alicyclic amines) is 1. The first-order chi connectivity index (χ1) is 16.0. The fraction of sp³-hybridized carbons (Fsp3) is 0.500. The number of hydrogen-bond donors (Lipinski definition) is 0. The molecule has 0 bridgehead atoms. The molecule has 1 amide bonds. The quantitative estimate of drug-likeness (QED) is 0.632. The summed E-state index contributed by atoms with van der Waals surface area (Å²) in [5.41, 5.74) is 0.110. The van der Waals surface area contributed by atoms with E-state index in [1.165, 1.54) is 19.2 Å². The van der Waals surface area contributed by atoms with Crippen LogP contribution >= 0.6 is 0 Å². The minimum atomic E-state index is -3.04. The van der Waals surface area contributed by atoms with Crippen LogP contribution < -0.4 is 14.4 Å². The van der Waals surface area contributed by atoms with Gasteiger partial charge in [-0.3, -0.25) is 9.69 Å². The Balaban J connectivity index is 1.36. The Hall–Kier alpha value is -2.94. The average molecular weight is 461 g/mol. The van der Waals surface area contributed by atoms with E-state index in [1.807, 2.05) is 24.4 Å². The highest BCUT2D eigenvalue weighted by molar-refractivity contribution is 5.98. The van der Waals surface area contributed by atoms with Gasteiger partial charge in [0.1, 0.15) is 5.82 Å². The molecule has 0 spiro atoms. The molecule has 2 saturated heterocycles. The minimum absolute atomic E-state index is 0.110. The molecular weight excluding hydrogens is 430 g/mol. The number of aromatic nitrogens is 1. The van der Waals surface area contributed by atoms with Crippen molar-refractivity contribution < 1.29 is 23.0 Å². The molecule has 178 valence electrons. The van der Waals surface area contributed by atoms with Gasteiger partial charge in [0.15, 0.2) is 11.5 Å². The van der Waals surface area contributed by atoms with Crippen molar-refractivity contribution in [3.8, 4) is 11.5 Å². The molecule has 4 rings (SSSR count). The number of nitrogens with zero attached hydrogens (tertiary/aromatic N) is 4. The van der Waals surface area contributed by atoms with Crippen LogP contribution in [0, 0.1) is 5.92 Å². The van der Waals surface area contributed by atoms with Crippen LogP contribution in [0.25, 0.3) is 0 Å². The largest absolute Gasteiger partial charge is 0.493 e. The molecule has 3 heterocycles. The van der Waals surface area contributed by atoms with E-state index in [4.69, 9.17) is 4.74 Å². The maximum atomic E-state index is 13.2. The number of amides is 1. The maximum Gasteiger partial charge on any atom is 0.387 e. The van der Waals surface area contributed by atoms with Crippen LogP contribution in [0.2, 0.25) is 0 Å². The number of rotatable bonds is 7. The molecule has 2 aliphatic heterocycles.